The van der Waals surface area contributed by atoms with Gasteiger partial charge >= 0.3 is 5.23 Å². The largest absolute Gasteiger partial charge is 0.506 e. The molecule has 0 fully saturated rings. The van der Waals surface area contributed by atoms with Crippen LogP contribution in [0.5, 0.6) is 5.75 Å². The molecule has 0 spiro atoms. The number of hydroxylamine groups is 2. The molecule has 0 aliphatic carbocycles. The number of aliphatic imine (C=N–C) groups is 1. The van der Waals surface area contributed by atoms with Crippen LogP contribution in [-0.2, 0) is 20.4 Å². The number of nitrogens with zero attached hydrogens (tertiary/aromatic N) is 3. The quantitative estimate of drug-likeness (QED) is 0.918. The summed E-state index contributed by atoms with van der Waals surface area (Å²) in [6.45, 7) is 0. The third kappa shape index (κ3) is 3.17. The van der Waals surface area contributed by atoms with Crippen LogP contribution in [0.25, 0.3) is 0 Å². The van der Waals surface area contributed by atoms with E-state index < -0.39 is 16.0 Å². The highest BCUT2D eigenvalue weighted by Gasteiger charge is 2.36. The lowest BCUT2D eigenvalue weighted by atomic mass is 10.2. The first-order chi connectivity index (χ1) is 11.0. The third-order valence-corrected chi connectivity index (χ3v) is 4.75. The predicted molar refractivity (Wildman–Crippen MR) is 84.0 cm³/mol. The first-order valence-corrected chi connectivity index (χ1v) is 8.52. The van der Waals surface area contributed by atoms with E-state index in [2.05, 4.69) is 9.98 Å². The zero-order chi connectivity index (χ0) is 16.4. The number of sulfone groups is 1. The van der Waals surface area contributed by atoms with E-state index in [0.29, 0.717) is 5.56 Å². The fraction of sp³-hybridized carbons (Fsp3) is 0.200. The molecule has 1 aliphatic heterocycles. The Labute approximate surface area is 133 Å². The van der Waals surface area contributed by atoms with Gasteiger partial charge in [-0.05, 0) is 17.7 Å². The molecule has 120 valence electrons. The number of benzene rings is 1. The van der Waals surface area contributed by atoms with Crippen LogP contribution >= 0.6 is 0 Å². The molecule has 0 bridgehead atoms. The van der Waals surface area contributed by atoms with Gasteiger partial charge < -0.3 is 9.94 Å². The summed E-state index contributed by atoms with van der Waals surface area (Å²) in [6.07, 6.45) is 0.686. The maximum Gasteiger partial charge on any atom is 0.328 e. The van der Waals surface area contributed by atoms with Crippen LogP contribution in [0.2, 0.25) is 0 Å². The smallest absolute Gasteiger partial charge is 0.328 e. The van der Waals surface area contributed by atoms with Crippen molar-refractivity contribution >= 4 is 15.1 Å². The Bertz CT molecular complexity index is 837. The van der Waals surface area contributed by atoms with E-state index in [1.54, 1.807) is 30.3 Å². The van der Waals surface area contributed by atoms with Crippen LogP contribution in [0, 0.1) is 0 Å². The molecule has 0 saturated carbocycles. The first-order valence-electron chi connectivity index (χ1n) is 6.86. The molecule has 23 heavy (non-hydrogen) atoms. The SMILES string of the molecule is CN1OC(S(=O)(=O)Cc2ccccc2)=NC1c1ncccc1O. The molecule has 1 aliphatic rings. The first kappa shape index (κ1) is 15.4. The Hall–Kier alpha value is -2.45. The second kappa shape index (κ2) is 5.98. The molecule has 8 heteroatoms. The third-order valence-electron chi connectivity index (χ3n) is 3.32. The molecule has 1 atom stereocenters. The lowest BCUT2D eigenvalue weighted by Crippen LogP contribution is -2.23. The fourth-order valence-electron chi connectivity index (χ4n) is 2.21. The van der Waals surface area contributed by atoms with Gasteiger partial charge in [-0.25, -0.2) is 13.4 Å². The van der Waals surface area contributed by atoms with Gasteiger partial charge in [-0.15, -0.1) is 5.06 Å². The predicted octanol–water partition coefficient (Wildman–Crippen LogP) is 1.63. The minimum atomic E-state index is -3.72. The monoisotopic (exact) mass is 333 g/mol. The number of pyridine rings is 1. The van der Waals surface area contributed by atoms with Gasteiger partial charge in [0.25, 0.3) is 0 Å². The van der Waals surface area contributed by atoms with Gasteiger partial charge in [0.2, 0.25) is 9.84 Å². The van der Waals surface area contributed by atoms with Crippen molar-refractivity contribution in [1.82, 2.24) is 10.0 Å². The van der Waals surface area contributed by atoms with Crippen LogP contribution in [0.3, 0.4) is 0 Å². The topological polar surface area (TPSA) is 92.1 Å². The normalized spacial score (nSPS) is 18.5. The Balaban J connectivity index is 1.89. The van der Waals surface area contributed by atoms with Crippen molar-refractivity contribution in [2.45, 2.75) is 11.9 Å². The van der Waals surface area contributed by atoms with E-state index in [9.17, 15) is 13.5 Å². The van der Waals surface area contributed by atoms with E-state index in [4.69, 9.17) is 4.84 Å². The summed E-state index contributed by atoms with van der Waals surface area (Å²) in [7, 11) is -2.19. The van der Waals surface area contributed by atoms with E-state index in [1.165, 1.54) is 24.4 Å². The minimum Gasteiger partial charge on any atom is -0.506 e. The van der Waals surface area contributed by atoms with Crippen molar-refractivity contribution < 1.29 is 18.4 Å². The Kier molecular flexibility index (Phi) is 4.01. The molecule has 1 unspecified atom stereocenters. The molecule has 7 nitrogen and oxygen atoms in total. The van der Waals surface area contributed by atoms with Gasteiger partial charge in [-0.3, -0.25) is 4.98 Å². The number of rotatable bonds is 3. The van der Waals surface area contributed by atoms with Gasteiger partial charge in [0.1, 0.15) is 11.4 Å². The van der Waals surface area contributed by atoms with Crippen molar-refractivity contribution in [3.05, 3.63) is 59.9 Å². The van der Waals surface area contributed by atoms with E-state index in [-0.39, 0.29) is 22.4 Å². The Morgan fingerprint density at radius 2 is 1.96 bits per heavy atom. The molecule has 0 amide bonds. The summed E-state index contributed by atoms with van der Waals surface area (Å²) in [5.41, 5.74) is 0.880. The minimum absolute atomic E-state index is 0.0709. The van der Waals surface area contributed by atoms with E-state index in [1.807, 2.05) is 6.07 Å². The molecule has 1 aromatic carbocycles. The van der Waals surface area contributed by atoms with Gasteiger partial charge in [0.05, 0.1) is 5.75 Å². The summed E-state index contributed by atoms with van der Waals surface area (Å²) in [4.78, 5) is 13.4. The van der Waals surface area contributed by atoms with Gasteiger partial charge in [0, 0.05) is 13.2 Å². The van der Waals surface area contributed by atoms with Crippen molar-refractivity contribution in [2.75, 3.05) is 7.05 Å². The number of aromatic nitrogens is 1. The maximum absolute atomic E-state index is 12.4. The summed E-state index contributed by atoms with van der Waals surface area (Å²) in [5, 5.41) is 10.7. The standard InChI is InChI=1S/C15H15N3O4S/c1-18-14(13-12(19)8-5-9-16-13)17-15(22-18)23(20,21)10-11-6-3-2-4-7-11/h2-9,14,19H,10H2,1H3. The van der Waals surface area contributed by atoms with E-state index in [0.717, 1.165) is 0 Å². The molecule has 1 N–H and O–H groups in total. The molecule has 0 radical (unpaired) electrons. The fourth-order valence-corrected chi connectivity index (χ4v) is 3.46. The van der Waals surface area contributed by atoms with Crippen molar-refractivity contribution in [2.24, 2.45) is 4.99 Å². The molecule has 2 heterocycles. The van der Waals surface area contributed by atoms with Crippen LogP contribution in [-0.4, -0.2) is 35.8 Å². The summed E-state index contributed by atoms with van der Waals surface area (Å²) in [5.74, 6) is -0.278. The van der Waals surface area contributed by atoms with Crippen LogP contribution in [0.4, 0.5) is 0 Å². The average Bonchev–Trinajstić information content (AvgIpc) is 2.91. The second-order valence-corrected chi connectivity index (χ2v) is 6.93. The van der Waals surface area contributed by atoms with Gasteiger partial charge in [-0.1, -0.05) is 30.3 Å². The summed E-state index contributed by atoms with van der Waals surface area (Å²) < 4.78 is 24.9. The number of aromatic hydroxyl groups is 1. The number of hydrogen-bond acceptors (Lipinski definition) is 7. The highest BCUT2D eigenvalue weighted by molar-refractivity contribution is 8.05. The summed E-state index contributed by atoms with van der Waals surface area (Å²) in [6, 6.07) is 11.8. The molecule has 1 aromatic heterocycles. The van der Waals surface area contributed by atoms with Gasteiger partial charge in [0.15, 0.2) is 6.17 Å². The summed E-state index contributed by atoms with van der Waals surface area (Å²) >= 11 is 0. The lowest BCUT2D eigenvalue weighted by Gasteiger charge is -2.15. The van der Waals surface area contributed by atoms with Crippen molar-refractivity contribution in [3.63, 3.8) is 0 Å². The van der Waals surface area contributed by atoms with Gasteiger partial charge in [-0.2, -0.15) is 0 Å². The average molecular weight is 333 g/mol. The molecular formula is C15H15N3O4S. The van der Waals surface area contributed by atoms with Crippen molar-refractivity contribution in [1.29, 1.82) is 0 Å². The van der Waals surface area contributed by atoms with Crippen LogP contribution in [0.15, 0.2) is 53.7 Å². The number of hydrogen-bond donors (Lipinski definition) is 1. The van der Waals surface area contributed by atoms with Crippen LogP contribution < -0.4 is 0 Å². The molecule has 0 saturated heterocycles. The molecule has 2 aromatic rings. The van der Waals surface area contributed by atoms with E-state index >= 15 is 0 Å². The highest BCUT2D eigenvalue weighted by Crippen LogP contribution is 2.32. The van der Waals surface area contributed by atoms with Crippen LogP contribution in [0.1, 0.15) is 17.4 Å². The zero-order valence-corrected chi connectivity index (χ0v) is 13.1. The Morgan fingerprint density at radius 3 is 2.65 bits per heavy atom. The lowest BCUT2D eigenvalue weighted by molar-refractivity contribution is -0.0567. The molecule has 3 rings (SSSR count). The molecular weight excluding hydrogens is 318 g/mol. The maximum atomic E-state index is 12.4. The second-order valence-electron chi connectivity index (χ2n) is 5.06. The van der Waals surface area contributed by atoms with Crippen molar-refractivity contribution in [3.8, 4) is 5.75 Å². The Morgan fingerprint density at radius 1 is 1.22 bits per heavy atom. The highest BCUT2D eigenvalue weighted by atomic mass is 32.2. The zero-order valence-electron chi connectivity index (χ0n) is 12.3.